The molecule has 0 spiro atoms. The highest BCUT2D eigenvalue weighted by Gasteiger charge is 2.14. The Bertz CT molecular complexity index is 600. The van der Waals surface area contributed by atoms with Crippen LogP contribution in [0.25, 0.3) is 0 Å². The summed E-state index contributed by atoms with van der Waals surface area (Å²) in [5, 5.41) is 4.34. The summed E-state index contributed by atoms with van der Waals surface area (Å²) < 4.78 is 6.18. The Morgan fingerprint density at radius 3 is 2.29 bits per heavy atom. The first-order valence-corrected chi connectivity index (χ1v) is 8.03. The average molecular weight is 369 g/mol. The SMILES string of the molecule is COc1ccc([C@@H](C)NC(C)c2ccc(Br)cc2Cl)cc1. The molecule has 2 nitrogen and oxygen atoms in total. The summed E-state index contributed by atoms with van der Waals surface area (Å²) in [5.74, 6) is 0.870. The van der Waals surface area contributed by atoms with Crippen molar-refractivity contribution >= 4 is 27.5 Å². The van der Waals surface area contributed by atoms with Gasteiger partial charge in [0.05, 0.1) is 7.11 Å². The fourth-order valence-electron chi connectivity index (χ4n) is 2.31. The minimum absolute atomic E-state index is 0.169. The lowest BCUT2D eigenvalue weighted by molar-refractivity contribution is 0.414. The zero-order chi connectivity index (χ0) is 15.4. The van der Waals surface area contributed by atoms with Crippen molar-refractivity contribution in [1.29, 1.82) is 0 Å². The molecule has 1 unspecified atom stereocenters. The molecule has 0 bridgehead atoms. The standard InChI is InChI=1S/C17H19BrClNO/c1-11(13-4-7-15(21-3)8-5-13)20-12(2)16-9-6-14(18)10-17(16)19/h4-12,20H,1-3H3/t11-,12?/m1/s1. The molecule has 0 radical (unpaired) electrons. The quantitative estimate of drug-likeness (QED) is 0.750. The summed E-state index contributed by atoms with van der Waals surface area (Å²) in [6, 6.07) is 14.5. The molecular weight excluding hydrogens is 350 g/mol. The van der Waals surface area contributed by atoms with Crippen LogP contribution in [0.15, 0.2) is 46.9 Å². The summed E-state index contributed by atoms with van der Waals surface area (Å²) in [7, 11) is 1.67. The molecule has 2 aromatic carbocycles. The maximum Gasteiger partial charge on any atom is 0.118 e. The van der Waals surface area contributed by atoms with Crippen LogP contribution in [0, 0.1) is 0 Å². The normalized spacial score (nSPS) is 13.8. The highest BCUT2D eigenvalue weighted by atomic mass is 79.9. The fraction of sp³-hybridized carbons (Fsp3) is 0.294. The van der Waals surface area contributed by atoms with Gasteiger partial charge in [-0.2, -0.15) is 0 Å². The minimum Gasteiger partial charge on any atom is -0.497 e. The van der Waals surface area contributed by atoms with Crippen molar-refractivity contribution in [3.05, 3.63) is 63.1 Å². The predicted molar refractivity (Wildman–Crippen MR) is 92.1 cm³/mol. The molecule has 0 aliphatic heterocycles. The van der Waals surface area contributed by atoms with Gasteiger partial charge in [0.25, 0.3) is 0 Å². The molecule has 2 atom stereocenters. The molecule has 0 aliphatic carbocycles. The van der Waals surface area contributed by atoms with Crippen LogP contribution in [-0.2, 0) is 0 Å². The van der Waals surface area contributed by atoms with Crippen LogP contribution in [0.5, 0.6) is 5.75 Å². The zero-order valence-electron chi connectivity index (χ0n) is 12.4. The molecule has 0 saturated heterocycles. The Balaban J connectivity index is 2.08. The number of hydrogen-bond donors (Lipinski definition) is 1. The van der Waals surface area contributed by atoms with E-state index in [4.69, 9.17) is 16.3 Å². The van der Waals surface area contributed by atoms with Crippen molar-refractivity contribution in [3.63, 3.8) is 0 Å². The van der Waals surface area contributed by atoms with Crippen molar-refractivity contribution in [2.45, 2.75) is 25.9 Å². The van der Waals surface area contributed by atoms with Crippen molar-refractivity contribution in [2.24, 2.45) is 0 Å². The Labute approximate surface area is 139 Å². The summed E-state index contributed by atoms with van der Waals surface area (Å²) in [4.78, 5) is 0. The highest BCUT2D eigenvalue weighted by molar-refractivity contribution is 9.10. The van der Waals surface area contributed by atoms with Crippen LogP contribution in [0.2, 0.25) is 5.02 Å². The molecule has 0 aliphatic rings. The molecule has 0 aromatic heterocycles. The molecule has 21 heavy (non-hydrogen) atoms. The lowest BCUT2D eigenvalue weighted by Gasteiger charge is -2.22. The average Bonchev–Trinajstić information content (AvgIpc) is 2.47. The van der Waals surface area contributed by atoms with Crippen LogP contribution in [0.1, 0.15) is 37.1 Å². The highest BCUT2D eigenvalue weighted by Crippen LogP contribution is 2.28. The molecule has 2 rings (SSSR count). The van der Waals surface area contributed by atoms with Gasteiger partial charge in [0, 0.05) is 21.6 Å². The Morgan fingerprint density at radius 1 is 1.05 bits per heavy atom. The molecular formula is C17H19BrClNO. The lowest BCUT2D eigenvalue weighted by Crippen LogP contribution is -2.22. The summed E-state index contributed by atoms with van der Waals surface area (Å²) >= 11 is 9.74. The summed E-state index contributed by atoms with van der Waals surface area (Å²) in [6.45, 7) is 4.26. The number of nitrogens with one attached hydrogen (secondary N) is 1. The van der Waals surface area contributed by atoms with Crippen LogP contribution in [0.4, 0.5) is 0 Å². The van der Waals surface area contributed by atoms with E-state index < -0.39 is 0 Å². The van der Waals surface area contributed by atoms with Gasteiger partial charge in [0.1, 0.15) is 5.75 Å². The molecule has 0 heterocycles. The first-order chi connectivity index (χ1) is 10.0. The van der Waals surface area contributed by atoms with E-state index in [0.29, 0.717) is 0 Å². The van der Waals surface area contributed by atoms with E-state index in [0.717, 1.165) is 20.8 Å². The number of hydrogen-bond acceptors (Lipinski definition) is 2. The van der Waals surface area contributed by atoms with Gasteiger partial charge >= 0.3 is 0 Å². The Morgan fingerprint density at radius 2 is 1.71 bits per heavy atom. The number of ether oxygens (including phenoxy) is 1. The molecule has 0 saturated carbocycles. The third-order valence-electron chi connectivity index (χ3n) is 3.54. The second-order valence-corrected chi connectivity index (χ2v) is 6.37. The monoisotopic (exact) mass is 367 g/mol. The first kappa shape index (κ1) is 16.3. The van der Waals surface area contributed by atoms with Crippen molar-refractivity contribution in [1.82, 2.24) is 5.32 Å². The van der Waals surface area contributed by atoms with E-state index in [1.165, 1.54) is 5.56 Å². The number of benzene rings is 2. The van der Waals surface area contributed by atoms with Crippen LogP contribution < -0.4 is 10.1 Å². The van der Waals surface area contributed by atoms with Crippen molar-refractivity contribution in [2.75, 3.05) is 7.11 Å². The maximum absolute atomic E-state index is 6.31. The van der Waals surface area contributed by atoms with Gasteiger partial charge in [-0.3, -0.25) is 0 Å². The lowest BCUT2D eigenvalue weighted by atomic mass is 10.0. The molecule has 0 fully saturated rings. The predicted octanol–water partition coefficient (Wildman–Crippen LogP) is 5.52. The van der Waals surface area contributed by atoms with Gasteiger partial charge in [-0.1, -0.05) is 45.7 Å². The van der Waals surface area contributed by atoms with Gasteiger partial charge in [0.15, 0.2) is 0 Å². The number of rotatable bonds is 5. The van der Waals surface area contributed by atoms with E-state index in [9.17, 15) is 0 Å². The second-order valence-electron chi connectivity index (χ2n) is 5.05. The smallest absolute Gasteiger partial charge is 0.118 e. The molecule has 112 valence electrons. The van der Waals surface area contributed by atoms with Crippen molar-refractivity contribution in [3.8, 4) is 5.75 Å². The van der Waals surface area contributed by atoms with Gasteiger partial charge < -0.3 is 10.1 Å². The van der Waals surface area contributed by atoms with Crippen LogP contribution >= 0.6 is 27.5 Å². The topological polar surface area (TPSA) is 21.3 Å². The molecule has 4 heteroatoms. The summed E-state index contributed by atoms with van der Waals surface area (Å²) in [6.07, 6.45) is 0. The van der Waals surface area contributed by atoms with Gasteiger partial charge in [-0.25, -0.2) is 0 Å². The van der Waals surface area contributed by atoms with Crippen LogP contribution in [0.3, 0.4) is 0 Å². The van der Waals surface area contributed by atoms with E-state index in [1.54, 1.807) is 7.11 Å². The van der Waals surface area contributed by atoms with E-state index in [-0.39, 0.29) is 12.1 Å². The minimum atomic E-state index is 0.169. The third-order valence-corrected chi connectivity index (χ3v) is 4.37. The fourth-order valence-corrected chi connectivity index (χ4v) is 3.14. The summed E-state index contributed by atoms with van der Waals surface area (Å²) in [5.41, 5.74) is 2.32. The second kappa shape index (κ2) is 7.30. The number of methoxy groups -OCH3 is 1. The van der Waals surface area contributed by atoms with Crippen LogP contribution in [-0.4, -0.2) is 7.11 Å². The van der Waals surface area contributed by atoms with E-state index >= 15 is 0 Å². The Kier molecular flexibility index (Phi) is 5.68. The number of halogens is 2. The van der Waals surface area contributed by atoms with Gasteiger partial charge in [-0.15, -0.1) is 0 Å². The van der Waals surface area contributed by atoms with E-state index in [1.807, 2.05) is 30.3 Å². The third kappa shape index (κ3) is 4.22. The maximum atomic E-state index is 6.31. The Hall–Kier alpha value is -1.03. The first-order valence-electron chi connectivity index (χ1n) is 6.86. The van der Waals surface area contributed by atoms with Crippen molar-refractivity contribution < 1.29 is 4.74 Å². The zero-order valence-corrected chi connectivity index (χ0v) is 14.7. The van der Waals surface area contributed by atoms with Gasteiger partial charge in [-0.05, 0) is 49.2 Å². The molecule has 1 N–H and O–H groups in total. The largest absolute Gasteiger partial charge is 0.497 e. The van der Waals surface area contributed by atoms with Gasteiger partial charge in [0.2, 0.25) is 0 Å². The molecule has 0 amide bonds. The molecule has 2 aromatic rings. The van der Waals surface area contributed by atoms with E-state index in [2.05, 4.69) is 47.2 Å².